The number of aliphatic imine (C=N–C) groups is 1. The van der Waals surface area contributed by atoms with Crippen molar-refractivity contribution in [3.8, 4) is 17.1 Å². The largest absolute Gasteiger partial charge is 0.494 e. The highest BCUT2D eigenvalue weighted by atomic mass is 32.1. The number of thiazole rings is 1. The average molecular weight is 363 g/mol. The maximum atomic E-state index is 10.4. The van der Waals surface area contributed by atoms with Crippen LogP contribution in [0.4, 0.5) is 5.13 Å². The molecule has 130 valence electrons. The molecule has 0 bridgehead atoms. The van der Waals surface area contributed by atoms with E-state index >= 15 is 0 Å². The molecule has 4 heterocycles. The van der Waals surface area contributed by atoms with Crippen LogP contribution in [0.15, 0.2) is 41.9 Å². The van der Waals surface area contributed by atoms with Crippen molar-refractivity contribution in [1.82, 2.24) is 19.9 Å². The van der Waals surface area contributed by atoms with E-state index in [2.05, 4.69) is 24.9 Å². The number of fused-ring (bicyclic) bond motifs is 1. The van der Waals surface area contributed by atoms with E-state index in [9.17, 15) is 5.11 Å². The molecule has 0 amide bonds. The maximum Gasteiger partial charge on any atom is 0.209 e. The summed E-state index contributed by atoms with van der Waals surface area (Å²) in [5.74, 6) is 0.0800. The first-order valence-corrected chi connectivity index (χ1v) is 8.94. The zero-order valence-corrected chi connectivity index (χ0v) is 15.4. The monoisotopic (exact) mass is 363 g/mol. The maximum absolute atomic E-state index is 10.4. The zero-order chi connectivity index (χ0) is 18.3. The molecule has 0 radical (unpaired) electrons. The molecule has 4 aromatic heterocycles. The summed E-state index contributed by atoms with van der Waals surface area (Å²) in [6.45, 7) is 5.88. The number of hydrogen-bond acceptors (Lipinski definition) is 6. The predicted molar refractivity (Wildman–Crippen MR) is 104 cm³/mol. The van der Waals surface area contributed by atoms with Gasteiger partial charge in [-0.1, -0.05) is 0 Å². The molecule has 0 fully saturated rings. The Morgan fingerprint density at radius 3 is 2.77 bits per heavy atom. The normalized spacial score (nSPS) is 12.0. The van der Waals surface area contributed by atoms with E-state index < -0.39 is 0 Å². The van der Waals surface area contributed by atoms with E-state index in [1.807, 2.05) is 32.9 Å². The van der Waals surface area contributed by atoms with Gasteiger partial charge in [0, 0.05) is 34.4 Å². The molecule has 0 unspecified atom stereocenters. The van der Waals surface area contributed by atoms with Crippen molar-refractivity contribution in [1.29, 1.82) is 0 Å². The number of rotatable bonds is 3. The molecular formula is C19H17N5OS. The van der Waals surface area contributed by atoms with E-state index in [0.29, 0.717) is 16.4 Å². The minimum atomic E-state index is 0.0800. The van der Waals surface area contributed by atoms with Crippen LogP contribution >= 0.6 is 11.3 Å². The second kappa shape index (κ2) is 6.34. The molecule has 26 heavy (non-hydrogen) atoms. The summed E-state index contributed by atoms with van der Waals surface area (Å²) in [6, 6.07) is 3.91. The lowest BCUT2D eigenvalue weighted by Gasteiger charge is -2.05. The summed E-state index contributed by atoms with van der Waals surface area (Å²) in [7, 11) is 0. The molecule has 7 heteroatoms. The minimum Gasteiger partial charge on any atom is -0.494 e. The number of aromatic nitrogens is 4. The van der Waals surface area contributed by atoms with Crippen molar-refractivity contribution < 1.29 is 5.11 Å². The topological polar surface area (TPSA) is 87.0 Å². The number of nitrogens with one attached hydrogen (secondary N) is 1. The molecule has 4 rings (SSSR count). The van der Waals surface area contributed by atoms with E-state index in [1.165, 1.54) is 11.3 Å². The summed E-state index contributed by atoms with van der Waals surface area (Å²) >= 11 is 1.52. The van der Waals surface area contributed by atoms with E-state index in [4.69, 9.17) is 0 Å². The van der Waals surface area contributed by atoms with E-state index in [0.717, 1.165) is 32.6 Å². The predicted octanol–water partition coefficient (Wildman–Crippen LogP) is 4.54. The lowest BCUT2D eigenvalue weighted by Crippen LogP contribution is -1.94. The van der Waals surface area contributed by atoms with Crippen molar-refractivity contribution in [3.05, 3.63) is 52.9 Å². The molecule has 4 aromatic rings. The number of nitrogens with zero attached hydrogens (tertiary/aromatic N) is 4. The highest BCUT2D eigenvalue weighted by Gasteiger charge is 2.16. The minimum absolute atomic E-state index is 0.0800. The summed E-state index contributed by atoms with van der Waals surface area (Å²) in [5.41, 5.74) is 4.98. The third-order valence-electron chi connectivity index (χ3n) is 4.21. The Kier molecular flexibility index (Phi) is 4.00. The Labute approximate surface area is 154 Å². The number of pyridine rings is 2. The van der Waals surface area contributed by atoms with E-state index in [1.54, 1.807) is 24.8 Å². The molecular weight excluding hydrogens is 346 g/mol. The van der Waals surface area contributed by atoms with Gasteiger partial charge in [0.25, 0.3) is 0 Å². The zero-order valence-electron chi connectivity index (χ0n) is 14.6. The van der Waals surface area contributed by atoms with Crippen molar-refractivity contribution in [3.63, 3.8) is 0 Å². The summed E-state index contributed by atoms with van der Waals surface area (Å²) in [5, 5.41) is 11.9. The Morgan fingerprint density at radius 1 is 1.19 bits per heavy atom. The number of aromatic amines is 1. The van der Waals surface area contributed by atoms with Gasteiger partial charge in [0.2, 0.25) is 5.13 Å². The average Bonchev–Trinajstić information content (AvgIpc) is 3.16. The van der Waals surface area contributed by atoms with Crippen LogP contribution in [0, 0.1) is 13.8 Å². The molecule has 0 aliphatic rings. The van der Waals surface area contributed by atoms with Crippen LogP contribution < -0.4 is 0 Å². The lowest BCUT2D eigenvalue weighted by atomic mass is 10.0. The Bertz CT molecular complexity index is 1140. The number of hydrogen-bond donors (Lipinski definition) is 2. The van der Waals surface area contributed by atoms with Crippen LogP contribution in [0.25, 0.3) is 22.2 Å². The van der Waals surface area contributed by atoms with Crippen LogP contribution in [-0.2, 0) is 0 Å². The van der Waals surface area contributed by atoms with Gasteiger partial charge < -0.3 is 10.1 Å². The first kappa shape index (κ1) is 16.4. The molecule has 0 saturated heterocycles. The van der Waals surface area contributed by atoms with Gasteiger partial charge in [-0.2, -0.15) is 0 Å². The molecule has 0 saturated carbocycles. The van der Waals surface area contributed by atoms with Gasteiger partial charge in [0.15, 0.2) is 5.88 Å². The highest BCUT2D eigenvalue weighted by molar-refractivity contribution is 7.15. The van der Waals surface area contributed by atoms with Crippen LogP contribution in [0.2, 0.25) is 0 Å². The summed E-state index contributed by atoms with van der Waals surface area (Å²) < 4.78 is 0. The second-order valence-corrected chi connectivity index (χ2v) is 7.32. The fourth-order valence-electron chi connectivity index (χ4n) is 2.92. The quantitative estimate of drug-likeness (QED) is 0.523. The molecule has 0 spiro atoms. The molecule has 0 atom stereocenters. The van der Waals surface area contributed by atoms with Gasteiger partial charge in [-0.25, -0.2) is 9.98 Å². The smallest absolute Gasteiger partial charge is 0.209 e. The van der Waals surface area contributed by atoms with Crippen LogP contribution in [0.3, 0.4) is 0 Å². The van der Waals surface area contributed by atoms with Crippen molar-refractivity contribution in [2.75, 3.05) is 0 Å². The number of aryl methyl sites for hydroxylation is 2. The first-order chi connectivity index (χ1) is 12.5. The first-order valence-electron chi connectivity index (χ1n) is 8.12. The van der Waals surface area contributed by atoms with Crippen molar-refractivity contribution in [2.45, 2.75) is 20.8 Å². The fourth-order valence-corrected chi connectivity index (χ4v) is 3.60. The fraction of sp³-hybridized carbons (Fsp3) is 0.158. The van der Waals surface area contributed by atoms with Crippen LogP contribution in [0.5, 0.6) is 5.88 Å². The third-order valence-corrected chi connectivity index (χ3v) is 5.02. The third kappa shape index (κ3) is 2.86. The molecule has 0 aliphatic heterocycles. The van der Waals surface area contributed by atoms with Gasteiger partial charge >= 0.3 is 0 Å². The molecule has 0 aromatic carbocycles. The molecule has 0 aliphatic carbocycles. The van der Waals surface area contributed by atoms with Crippen LogP contribution in [-0.4, -0.2) is 30.8 Å². The van der Waals surface area contributed by atoms with Crippen molar-refractivity contribution >= 4 is 33.1 Å². The van der Waals surface area contributed by atoms with Crippen molar-refractivity contribution in [2.24, 2.45) is 4.99 Å². The Hall–Kier alpha value is -3.06. The number of H-pyrrole nitrogens is 1. The number of aromatic hydroxyl groups is 1. The van der Waals surface area contributed by atoms with Gasteiger partial charge in [0.1, 0.15) is 0 Å². The Morgan fingerprint density at radius 2 is 2.04 bits per heavy atom. The van der Waals surface area contributed by atoms with E-state index in [-0.39, 0.29) is 5.88 Å². The SMILES string of the molecule is CC(=Nc1ncc(C)s1)c1c(O)[nH]c2cnc(-c3cnccc3C)cc12. The highest BCUT2D eigenvalue weighted by Crippen LogP contribution is 2.32. The van der Waals surface area contributed by atoms with Gasteiger partial charge in [-0.05, 0) is 38.5 Å². The van der Waals surface area contributed by atoms with Gasteiger partial charge in [-0.15, -0.1) is 11.3 Å². The lowest BCUT2D eigenvalue weighted by molar-refractivity contribution is 0.457. The molecule has 2 N–H and O–H groups in total. The standard InChI is InChI=1S/C19H17N5OS/c1-10-4-5-20-8-14(10)15-6-13-16(9-21-15)24-18(25)17(13)12(3)23-19-22-7-11(2)26-19/h4-9,24-25H,1-3H3. The summed E-state index contributed by atoms with van der Waals surface area (Å²) in [4.78, 5) is 21.6. The van der Waals surface area contributed by atoms with Crippen LogP contribution in [0.1, 0.15) is 22.9 Å². The van der Waals surface area contributed by atoms with Gasteiger partial charge in [-0.3, -0.25) is 9.97 Å². The Balaban J connectivity index is 1.87. The second-order valence-electron chi connectivity index (χ2n) is 6.11. The molecule has 6 nitrogen and oxygen atoms in total. The summed E-state index contributed by atoms with van der Waals surface area (Å²) in [6.07, 6.45) is 7.08. The van der Waals surface area contributed by atoms with Gasteiger partial charge in [0.05, 0.1) is 28.7 Å².